The summed E-state index contributed by atoms with van der Waals surface area (Å²) in [6.45, 7) is 3.42. The summed E-state index contributed by atoms with van der Waals surface area (Å²) in [7, 11) is 1.97. The van der Waals surface area contributed by atoms with Crippen molar-refractivity contribution >= 4 is 17.3 Å². The number of likely N-dealkylation sites (N-methyl/N-ethyl adjacent to an activating group) is 1. The van der Waals surface area contributed by atoms with Crippen LogP contribution in [0.5, 0.6) is 0 Å². The van der Waals surface area contributed by atoms with Crippen molar-refractivity contribution in [2.24, 2.45) is 5.73 Å². The monoisotopic (exact) mass is 257 g/mol. The first-order valence-electron chi connectivity index (χ1n) is 6.26. The SMILES string of the molecule is Cc1ccccc1Nc1cc(N(C)CCN)ncn1. The lowest BCUT2D eigenvalue weighted by Crippen LogP contribution is -2.25. The average molecular weight is 257 g/mol. The van der Waals surface area contributed by atoms with Crippen LogP contribution in [0.2, 0.25) is 0 Å². The molecule has 2 rings (SSSR count). The summed E-state index contributed by atoms with van der Waals surface area (Å²) >= 11 is 0. The lowest BCUT2D eigenvalue weighted by atomic mass is 10.2. The van der Waals surface area contributed by atoms with Crippen LogP contribution in [0.15, 0.2) is 36.7 Å². The topological polar surface area (TPSA) is 67.1 Å². The Bertz CT molecular complexity index is 541. The largest absolute Gasteiger partial charge is 0.358 e. The fourth-order valence-corrected chi connectivity index (χ4v) is 1.78. The van der Waals surface area contributed by atoms with Gasteiger partial charge < -0.3 is 16.0 Å². The second kappa shape index (κ2) is 6.15. The third-order valence-corrected chi connectivity index (χ3v) is 2.92. The highest BCUT2D eigenvalue weighted by atomic mass is 15.2. The minimum atomic E-state index is 0.598. The number of hydrogen-bond acceptors (Lipinski definition) is 5. The molecule has 0 saturated heterocycles. The molecule has 0 aliphatic carbocycles. The first-order valence-corrected chi connectivity index (χ1v) is 6.26. The van der Waals surface area contributed by atoms with Crippen LogP contribution < -0.4 is 16.0 Å². The molecule has 1 aromatic heterocycles. The molecule has 3 N–H and O–H groups in total. The van der Waals surface area contributed by atoms with Crippen molar-refractivity contribution in [3.8, 4) is 0 Å². The minimum absolute atomic E-state index is 0.598. The molecule has 0 amide bonds. The molecule has 0 spiro atoms. The number of para-hydroxylation sites is 1. The van der Waals surface area contributed by atoms with Crippen molar-refractivity contribution in [3.05, 3.63) is 42.2 Å². The Labute approximate surface area is 113 Å². The fourth-order valence-electron chi connectivity index (χ4n) is 1.78. The van der Waals surface area contributed by atoms with E-state index in [1.54, 1.807) is 6.33 Å². The number of benzene rings is 1. The quantitative estimate of drug-likeness (QED) is 0.856. The van der Waals surface area contributed by atoms with Crippen LogP contribution in [-0.4, -0.2) is 30.1 Å². The molecule has 5 nitrogen and oxygen atoms in total. The summed E-state index contributed by atoms with van der Waals surface area (Å²) in [5.74, 6) is 1.64. The number of hydrogen-bond donors (Lipinski definition) is 2. The van der Waals surface area contributed by atoms with E-state index in [4.69, 9.17) is 5.73 Å². The number of aromatic nitrogens is 2. The standard InChI is InChI=1S/C14H19N5/c1-11-5-3-4-6-12(11)18-13-9-14(17-10-16-13)19(2)8-7-15/h3-6,9-10H,7-8,15H2,1-2H3,(H,16,17,18). The van der Waals surface area contributed by atoms with Gasteiger partial charge in [-0.3, -0.25) is 0 Å². The summed E-state index contributed by atoms with van der Waals surface area (Å²) in [6.07, 6.45) is 1.56. The number of nitrogens with one attached hydrogen (secondary N) is 1. The van der Waals surface area contributed by atoms with E-state index >= 15 is 0 Å². The van der Waals surface area contributed by atoms with E-state index in [9.17, 15) is 0 Å². The van der Waals surface area contributed by atoms with E-state index in [1.807, 2.05) is 36.2 Å². The lowest BCUT2D eigenvalue weighted by molar-refractivity contribution is 0.864. The van der Waals surface area contributed by atoms with Crippen LogP contribution in [0.3, 0.4) is 0 Å². The van der Waals surface area contributed by atoms with Crippen LogP contribution in [-0.2, 0) is 0 Å². The van der Waals surface area contributed by atoms with E-state index in [1.165, 1.54) is 5.56 Å². The van der Waals surface area contributed by atoms with Crippen molar-refractivity contribution in [2.75, 3.05) is 30.4 Å². The molecule has 0 aliphatic rings. The number of nitrogens with two attached hydrogens (primary N) is 1. The lowest BCUT2D eigenvalue weighted by Gasteiger charge is -2.17. The molecular weight excluding hydrogens is 238 g/mol. The van der Waals surface area contributed by atoms with Gasteiger partial charge in [0.25, 0.3) is 0 Å². The Hall–Kier alpha value is -2.14. The predicted molar refractivity (Wildman–Crippen MR) is 78.8 cm³/mol. The number of aryl methyl sites for hydroxylation is 1. The Morgan fingerprint density at radius 1 is 1.26 bits per heavy atom. The van der Waals surface area contributed by atoms with E-state index in [0.717, 1.165) is 23.9 Å². The highest BCUT2D eigenvalue weighted by molar-refractivity contribution is 5.62. The van der Waals surface area contributed by atoms with Crippen LogP contribution in [0.4, 0.5) is 17.3 Å². The molecule has 0 radical (unpaired) electrons. The third kappa shape index (κ3) is 3.42. The van der Waals surface area contributed by atoms with Gasteiger partial charge in [-0.1, -0.05) is 18.2 Å². The molecule has 0 fully saturated rings. The Balaban J connectivity index is 2.18. The van der Waals surface area contributed by atoms with E-state index < -0.39 is 0 Å². The summed E-state index contributed by atoms with van der Waals surface area (Å²) in [4.78, 5) is 10.5. The smallest absolute Gasteiger partial charge is 0.135 e. The Morgan fingerprint density at radius 3 is 2.79 bits per heavy atom. The molecule has 0 saturated carbocycles. The van der Waals surface area contributed by atoms with Gasteiger partial charge in [-0.2, -0.15) is 0 Å². The Morgan fingerprint density at radius 2 is 2.05 bits per heavy atom. The van der Waals surface area contributed by atoms with Crippen molar-refractivity contribution in [1.82, 2.24) is 9.97 Å². The summed E-state index contributed by atoms with van der Waals surface area (Å²) in [5.41, 5.74) is 7.78. The van der Waals surface area contributed by atoms with Gasteiger partial charge >= 0.3 is 0 Å². The molecule has 1 heterocycles. The molecular formula is C14H19N5. The average Bonchev–Trinajstić information content (AvgIpc) is 2.42. The zero-order valence-corrected chi connectivity index (χ0v) is 11.3. The van der Waals surface area contributed by atoms with E-state index in [0.29, 0.717) is 6.54 Å². The van der Waals surface area contributed by atoms with Crippen LogP contribution in [0.25, 0.3) is 0 Å². The number of rotatable bonds is 5. The molecule has 1 aromatic carbocycles. The fraction of sp³-hybridized carbons (Fsp3) is 0.286. The molecule has 0 atom stereocenters. The molecule has 0 unspecified atom stereocenters. The van der Waals surface area contributed by atoms with Gasteiger partial charge in [-0.15, -0.1) is 0 Å². The van der Waals surface area contributed by atoms with Crippen LogP contribution in [0.1, 0.15) is 5.56 Å². The second-order valence-corrected chi connectivity index (χ2v) is 4.41. The molecule has 0 aliphatic heterocycles. The van der Waals surface area contributed by atoms with Gasteiger partial charge in [-0.05, 0) is 18.6 Å². The van der Waals surface area contributed by atoms with Gasteiger partial charge in [0.1, 0.15) is 18.0 Å². The molecule has 0 bridgehead atoms. The maximum atomic E-state index is 5.55. The van der Waals surface area contributed by atoms with Crippen LogP contribution in [0, 0.1) is 6.92 Å². The van der Waals surface area contributed by atoms with Crippen molar-refractivity contribution in [3.63, 3.8) is 0 Å². The van der Waals surface area contributed by atoms with Gasteiger partial charge in [0, 0.05) is 31.9 Å². The van der Waals surface area contributed by atoms with Gasteiger partial charge in [-0.25, -0.2) is 9.97 Å². The first-order chi connectivity index (χ1) is 9.20. The minimum Gasteiger partial charge on any atom is -0.358 e. The molecule has 100 valence electrons. The third-order valence-electron chi connectivity index (χ3n) is 2.92. The first kappa shape index (κ1) is 13.3. The van der Waals surface area contributed by atoms with Gasteiger partial charge in [0.05, 0.1) is 0 Å². The molecule has 5 heteroatoms. The summed E-state index contributed by atoms with van der Waals surface area (Å²) in [6, 6.07) is 10.0. The van der Waals surface area contributed by atoms with Crippen LogP contribution >= 0.6 is 0 Å². The zero-order chi connectivity index (χ0) is 13.7. The highest BCUT2D eigenvalue weighted by Gasteiger charge is 2.04. The molecule has 2 aromatic rings. The maximum absolute atomic E-state index is 5.55. The summed E-state index contributed by atoms with van der Waals surface area (Å²) in [5, 5.41) is 3.30. The molecule has 19 heavy (non-hydrogen) atoms. The summed E-state index contributed by atoms with van der Waals surface area (Å²) < 4.78 is 0. The van der Waals surface area contributed by atoms with Crippen molar-refractivity contribution < 1.29 is 0 Å². The second-order valence-electron chi connectivity index (χ2n) is 4.41. The zero-order valence-electron chi connectivity index (χ0n) is 11.3. The Kier molecular flexibility index (Phi) is 4.30. The number of nitrogens with zero attached hydrogens (tertiary/aromatic N) is 3. The van der Waals surface area contributed by atoms with E-state index in [-0.39, 0.29) is 0 Å². The van der Waals surface area contributed by atoms with Gasteiger partial charge in [0.2, 0.25) is 0 Å². The maximum Gasteiger partial charge on any atom is 0.135 e. The number of anilines is 3. The van der Waals surface area contributed by atoms with Crippen molar-refractivity contribution in [2.45, 2.75) is 6.92 Å². The highest BCUT2D eigenvalue weighted by Crippen LogP contribution is 2.20. The predicted octanol–water partition coefficient (Wildman–Crippen LogP) is 1.92. The van der Waals surface area contributed by atoms with Crippen molar-refractivity contribution in [1.29, 1.82) is 0 Å². The van der Waals surface area contributed by atoms with E-state index in [2.05, 4.69) is 28.3 Å². The van der Waals surface area contributed by atoms with Gasteiger partial charge in [0.15, 0.2) is 0 Å². The normalized spacial score (nSPS) is 10.3.